The second kappa shape index (κ2) is 25.3. The summed E-state index contributed by atoms with van der Waals surface area (Å²) in [4.78, 5) is 30.5. The summed E-state index contributed by atoms with van der Waals surface area (Å²) in [6.45, 7) is 13.2. The van der Waals surface area contributed by atoms with Gasteiger partial charge in [-0.25, -0.2) is 15.0 Å². The number of pyridine rings is 3. The summed E-state index contributed by atoms with van der Waals surface area (Å²) >= 11 is 12.4. The molecule has 3 N–H and O–H groups in total. The average Bonchev–Trinajstić information content (AvgIpc) is 2.85. The Labute approximate surface area is 304 Å². The van der Waals surface area contributed by atoms with E-state index in [9.17, 15) is 20.2 Å². The highest BCUT2D eigenvalue weighted by Crippen LogP contribution is 2.33. The molecule has 0 aliphatic rings. The Morgan fingerprint density at radius 2 is 1.14 bits per heavy atom. The second-order valence-electron chi connectivity index (χ2n) is 8.85. The maximum absolute atomic E-state index is 10.3. The largest absolute Gasteiger partial charge is 0.475 e. The van der Waals surface area contributed by atoms with Gasteiger partial charge >= 0.3 is 0 Å². The maximum atomic E-state index is 10.3. The monoisotopic (exact) mass is 976 g/mol. The molecule has 0 amide bonds. The van der Waals surface area contributed by atoms with Crippen LogP contribution >= 0.6 is 79.4 Å². The average molecular weight is 977 g/mol. The van der Waals surface area contributed by atoms with Gasteiger partial charge in [-0.3, -0.25) is 20.2 Å². The van der Waals surface area contributed by atoms with Gasteiger partial charge in [0.25, 0.3) is 11.4 Å². The number of hydrogen-bond donors (Lipinski definition) is 2. The maximum Gasteiger partial charge on any atom is 0.287 e. The SMILES string of the molecule is C.CC(C)O.CC(C)Oc1ccc(N)cn1.CC(C)Oc1ccc([N+](=O)[O-])cn1.CC(I)(I)I.O=[N+]([O-])c1ccc(Cl)nc1. The molecule has 0 spiro atoms. The first-order valence-corrected chi connectivity index (χ1v) is 16.0. The van der Waals surface area contributed by atoms with Crippen LogP contribution in [0.5, 0.6) is 11.8 Å². The van der Waals surface area contributed by atoms with Gasteiger partial charge in [-0.2, -0.15) is 0 Å². The van der Waals surface area contributed by atoms with Gasteiger partial charge < -0.3 is 20.3 Å². The van der Waals surface area contributed by atoms with Gasteiger partial charge in [0.05, 0.1) is 33.9 Å². The Hall–Kier alpha value is -1.91. The Kier molecular flexibility index (Phi) is 26.7. The molecule has 0 bridgehead atoms. The van der Waals surface area contributed by atoms with E-state index in [1.54, 1.807) is 32.2 Å². The molecule has 0 radical (unpaired) electrons. The van der Waals surface area contributed by atoms with Crippen molar-refractivity contribution in [3.05, 3.63) is 80.4 Å². The van der Waals surface area contributed by atoms with Crippen LogP contribution in [0.3, 0.4) is 0 Å². The van der Waals surface area contributed by atoms with E-state index in [0.29, 0.717) is 16.9 Å². The van der Waals surface area contributed by atoms with Crippen LogP contribution in [0, 0.1) is 20.2 Å². The van der Waals surface area contributed by atoms with Crippen LogP contribution in [-0.4, -0.2) is 47.7 Å². The number of aromatic nitrogens is 3. The first kappa shape index (κ1) is 46.5. The van der Waals surface area contributed by atoms with Gasteiger partial charge in [0.2, 0.25) is 11.8 Å². The summed E-state index contributed by atoms with van der Waals surface area (Å²) in [5.74, 6) is 1.02. The second-order valence-corrected chi connectivity index (χ2v) is 21.9. The molecule has 0 aliphatic heterocycles. The minimum absolute atomic E-state index is 0. The molecule has 0 saturated carbocycles. The predicted molar refractivity (Wildman–Crippen MR) is 202 cm³/mol. The van der Waals surface area contributed by atoms with Crippen LogP contribution in [0.1, 0.15) is 55.9 Å². The van der Waals surface area contributed by atoms with Crippen molar-refractivity contribution < 1.29 is 24.4 Å². The van der Waals surface area contributed by atoms with Gasteiger partial charge in [0.15, 0.2) is 0 Å². The normalized spacial score (nSPS) is 9.80. The lowest BCUT2D eigenvalue weighted by Gasteiger charge is -2.07. The number of nitrogens with two attached hydrogens (primary N) is 1. The number of rotatable bonds is 6. The number of aliphatic hydroxyl groups excluding tert-OH is 1. The number of aliphatic hydroxyl groups is 1. The molecule has 248 valence electrons. The van der Waals surface area contributed by atoms with Gasteiger partial charge in [-0.1, -0.05) is 86.8 Å². The lowest BCUT2D eigenvalue weighted by Crippen LogP contribution is -2.06. The molecule has 0 aromatic carbocycles. The smallest absolute Gasteiger partial charge is 0.287 e. The number of anilines is 1. The van der Waals surface area contributed by atoms with E-state index in [1.807, 2.05) is 27.7 Å². The molecule has 3 aromatic heterocycles. The fourth-order valence-corrected chi connectivity index (χ4v) is 2.08. The zero-order chi connectivity index (χ0) is 33.8. The molecule has 44 heavy (non-hydrogen) atoms. The molecule has 3 aromatic rings. The van der Waals surface area contributed by atoms with Crippen molar-refractivity contribution in [3.8, 4) is 11.8 Å². The third kappa shape index (κ3) is 31.5. The van der Waals surface area contributed by atoms with Crippen molar-refractivity contribution in [1.29, 1.82) is 0 Å². The number of nitrogens with zero attached hydrogens (tertiary/aromatic N) is 5. The standard InChI is InChI=1S/C8H10N2O3.C8H12N2O.C5H3ClN2O2.C3H8O.C2H3I3.CH4/c1-6(2)13-8-4-3-7(5-9-8)10(11)12;1-6(2)11-8-4-3-7(9)5-10-8;6-5-2-1-4(3-7-5)8(9)10;1-3(2)4;1-2(3,4)5;/h3-6H,1-2H3;3-6H,9H2,1-2H3;1-3H;3-4H,1-2H3;1H3;1H4. The summed E-state index contributed by atoms with van der Waals surface area (Å²) in [6, 6.07) is 9.05. The minimum atomic E-state index is -0.524. The number of nitro groups is 2. The van der Waals surface area contributed by atoms with Crippen molar-refractivity contribution in [1.82, 2.24) is 15.0 Å². The van der Waals surface area contributed by atoms with E-state index < -0.39 is 9.85 Å². The Morgan fingerprint density at radius 3 is 1.39 bits per heavy atom. The zero-order valence-electron chi connectivity index (χ0n) is 24.7. The molecule has 17 heteroatoms. The summed E-state index contributed by atoms with van der Waals surface area (Å²) < 4.78 is 10.9. The Balaban J connectivity index is -0.000000502. The van der Waals surface area contributed by atoms with Crippen LogP contribution < -0.4 is 15.2 Å². The third-order valence-corrected chi connectivity index (χ3v) is 3.55. The summed E-state index contributed by atoms with van der Waals surface area (Å²) in [5.41, 5.74) is 6.01. The molecular formula is C27H40ClI3N6O7. The van der Waals surface area contributed by atoms with Crippen molar-refractivity contribution >= 4 is 96.4 Å². The zero-order valence-corrected chi connectivity index (χ0v) is 31.9. The van der Waals surface area contributed by atoms with Crippen molar-refractivity contribution in [3.63, 3.8) is 0 Å². The lowest BCUT2D eigenvalue weighted by molar-refractivity contribution is -0.385. The fraction of sp³-hybridized carbons (Fsp3) is 0.444. The van der Waals surface area contributed by atoms with Crippen LogP contribution in [0.4, 0.5) is 17.1 Å². The molecule has 0 atom stereocenters. The quantitative estimate of drug-likeness (QED) is 0.0789. The van der Waals surface area contributed by atoms with E-state index in [-0.39, 0.29) is 42.3 Å². The molecular weight excluding hydrogens is 936 g/mol. The molecule has 3 heterocycles. The van der Waals surface area contributed by atoms with Crippen molar-refractivity contribution in [2.45, 2.75) is 73.6 Å². The van der Waals surface area contributed by atoms with Gasteiger partial charge in [0, 0.05) is 30.4 Å². The molecule has 0 fully saturated rings. The van der Waals surface area contributed by atoms with Crippen LogP contribution in [0.15, 0.2) is 55.0 Å². The number of hydrogen-bond acceptors (Lipinski definition) is 11. The van der Waals surface area contributed by atoms with Crippen LogP contribution in [0.25, 0.3) is 0 Å². The molecule has 0 aliphatic carbocycles. The number of ether oxygens (including phenoxy) is 2. The minimum Gasteiger partial charge on any atom is -0.475 e. The van der Waals surface area contributed by atoms with E-state index in [4.69, 9.17) is 31.9 Å². The van der Waals surface area contributed by atoms with Gasteiger partial charge in [-0.05, 0) is 60.6 Å². The first-order chi connectivity index (χ1) is 19.7. The van der Waals surface area contributed by atoms with Crippen molar-refractivity contribution in [2.75, 3.05) is 5.73 Å². The molecule has 3 rings (SSSR count). The van der Waals surface area contributed by atoms with E-state index in [1.165, 1.54) is 30.5 Å². The summed E-state index contributed by atoms with van der Waals surface area (Å²) in [6.07, 6.45) is 3.89. The highest BCUT2D eigenvalue weighted by molar-refractivity contribution is 14.3. The van der Waals surface area contributed by atoms with Crippen molar-refractivity contribution in [2.24, 2.45) is 0 Å². The Bertz CT molecular complexity index is 1180. The molecule has 0 unspecified atom stereocenters. The van der Waals surface area contributed by atoms with E-state index >= 15 is 0 Å². The highest BCUT2D eigenvalue weighted by Gasteiger charge is 2.06. The third-order valence-electron chi connectivity index (χ3n) is 3.33. The number of nitrogen functional groups attached to an aromatic ring is 1. The number of alkyl halides is 3. The van der Waals surface area contributed by atoms with E-state index in [2.05, 4.69) is 89.6 Å². The van der Waals surface area contributed by atoms with E-state index in [0.717, 1.165) is 6.20 Å². The Morgan fingerprint density at radius 1 is 0.795 bits per heavy atom. The highest BCUT2D eigenvalue weighted by atomic mass is 127. The first-order valence-electron chi connectivity index (χ1n) is 12.4. The lowest BCUT2D eigenvalue weighted by atomic mass is 10.4. The van der Waals surface area contributed by atoms with Gasteiger partial charge in [-0.15, -0.1) is 0 Å². The van der Waals surface area contributed by atoms with Gasteiger partial charge in [0.1, 0.15) is 17.0 Å². The number of halogens is 4. The predicted octanol–water partition coefficient (Wildman–Crippen LogP) is 8.86. The van der Waals surface area contributed by atoms with Crippen LogP contribution in [0.2, 0.25) is 5.15 Å². The molecule has 13 nitrogen and oxygen atoms in total. The summed E-state index contributed by atoms with van der Waals surface area (Å²) in [5, 5.41) is 28.6. The molecule has 0 saturated heterocycles. The fourth-order valence-electron chi connectivity index (χ4n) is 1.97. The van der Waals surface area contributed by atoms with Crippen LogP contribution in [-0.2, 0) is 0 Å². The summed E-state index contributed by atoms with van der Waals surface area (Å²) in [7, 11) is 0. The topological polar surface area (TPSA) is 190 Å².